The summed E-state index contributed by atoms with van der Waals surface area (Å²) in [5.41, 5.74) is 4.54. The first-order valence-electron chi connectivity index (χ1n) is 8.02. The van der Waals surface area contributed by atoms with E-state index in [2.05, 4.69) is 64.8 Å². The Bertz CT molecular complexity index is 602. The molecule has 1 saturated heterocycles. The second-order valence-corrected chi connectivity index (χ2v) is 6.13. The van der Waals surface area contributed by atoms with Crippen LogP contribution in [0.2, 0.25) is 0 Å². The maximum atomic E-state index is 3.46. The SMILES string of the molecule is c1ccc([C@H]2C[C@@H](N3CCNCC3)c3ccccc32)cc1. The van der Waals surface area contributed by atoms with Crippen LogP contribution in [-0.2, 0) is 0 Å². The summed E-state index contributed by atoms with van der Waals surface area (Å²) >= 11 is 0. The van der Waals surface area contributed by atoms with E-state index >= 15 is 0 Å². The van der Waals surface area contributed by atoms with E-state index in [1.54, 1.807) is 5.56 Å². The number of piperazine rings is 1. The average molecular weight is 278 g/mol. The largest absolute Gasteiger partial charge is 0.314 e. The van der Waals surface area contributed by atoms with Crippen LogP contribution in [0, 0.1) is 0 Å². The number of hydrogen-bond donors (Lipinski definition) is 1. The van der Waals surface area contributed by atoms with Gasteiger partial charge in [-0.05, 0) is 23.1 Å². The molecule has 0 saturated carbocycles. The highest BCUT2D eigenvalue weighted by Gasteiger charge is 2.35. The van der Waals surface area contributed by atoms with Crippen LogP contribution < -0.4 is 5.32 Å². The number of fused-ring (bicyclic) bond motifs is 1. The van der Waals surface area contributed by atoms with Gasteiger partial charge in [-0.25, -0.2) is 0 Å². The molecule has 1 heterocycles. The minimum Gasteiger partial charge on any atom is -0.314 e. The molecule has 2 heteroatoms. The highest BCUT2D eigenvalue weighted by Crippen LogP contribution is 2.46. The van der Waals surface area contributed by atoms with Gasteiger partial charge in [0.2, 0.25) is 0 Å². The lowest BCUT2D eigenvalue weighted by Gasteiger charge is -2.33. The summed E-state index contributed by atoms with van der Waals surface area (Å²) in [7, 11) is 0. The molecular weight excluding hydrogens is 256 g/mol. The molecule has 1 aliphatic carbocycles. The van der Waals surface area contributed by atoms with E-state index in [1.807, 2.05) is 0 Å². The number of hydrogen-bond acceptors (Lipinski definition) is 2. The summed E-state index contributed by atoms with van der Waals surface area (Å²) in [6.07, 6.45) is 1.23. The fraction of sp³-hybridized carbons (Fsp3) is 0.368. The predicted molar refractivity (Wildman–Crippen MR) is 86.5 cm³/mol. The van der Waals surface area contributed by atoms with E-state index in [0.717, 1.165) is 13.1 Å². The summed E-state index contributed by atoms with van der Waals surface area (Å²) in [6, 6.07) is 20.6. The van der Waals surface area contributed by atoms with E-state index < -0.39 is 0 Å². The molecule has 4 rings (SSSR count). The van der Waals surface area contributed by atoms with Crippen molar-refractivity contribution in [1.29, 1.82) is 0 Å². The van der Waals surface area contributed by atoms with Crippen LogP contribution in [-0.4, -0.2) is 31.1 Å². The van der Waals surface area contributed by atoms with Crippen LogP contribution in [0.4, 0.5) is 0 Å². The van der Waals surface area contributed by atoms with Crippen molar-refractivity contribution in [2.24, 2.45) is 0 Å². The highest BCUT2D eigenvalue weighted by atomic mass is 15.2. The molecule has 2 aliphatic rings. The van der Waals surface area contributed by atoms with Gasteiger partial charge in [-0.2, -0.15) is 0 Å². The highest BCUT2D eigenvalue weighted by molar-refractivity contribution is 5.44. The third kappa shape index (κ3) is 2.39. The second-order valence-electron chi connectivity index (χ2n) is 6.13. The van der Waals surface area contributed by atoms with Gasteiger partial charge in [0.1, 0.15) is 0 Å². The Morgan fingerprint density at radius 2 is 1.48 bits per heavy atom. The molecule has 2 aromatic carbocycles. The van der Waals surface area contributed by atoms with Crippen molar-refractivity contribution < 1.29 is 0 Å². The van der Waals surface area contributed by atoms with Crippen LogP contribution in [0.15, 0.2) is 54.6 Å². The second kappa shape index (κ2) is 5.63. The number of nitrogens with zero attached hydrogens (tertiary/aromatic N) is 1. The zero-order chi connectivity index (χ0) is 14.1. The van der Waals surface area contributed by atoms with Crippen LogP contribution in [0.3, 0.4) is 0 Å². The molecule has 0 spiro atoms. The summed E-state index contributed by atoms with van der Waals surface area (Å²) in [6.45, 7) is 4.57. The maximum absolute atomic E-state index is 3.46. The zero-order valence-corrected chi connectivity index (χ0v) is 12.3. The van der Waals surface area contributed by atoms with Crippen molar-refractivity contribution in [2.75, 3.05) is 26.2 Å². The van der Waals surface area contributed by atoms with Gasteiger partial charge in [-0.3, -0.25) is 4.90 Å². The zero-order valence-electron chi connectivity index (χ0n) is 12.3. The Balaban J connectivity index is 1.69. The minimum absolute atomic E-state index is 0.558. The Hall–Kier alpha value is -1.64. The van der Waals surface area contributed by atoms with Gasteiger partial charge in [0, 0.05) is 38.1 Å². The first-order chi connectivity index (χ1) is 10.4. The topological polar surface area (TPSA) is 15.3 Å². The first kappa shape index (κ1) is 13.1. The molecule has 108 valence electrons. The van der Waals surface area contributed by atoms with E-state index in [0.29, 0.717) is 12.0 Å². The maximum Gasteiger partial charge on any atom is 0.0361 e. The van der Waals surface area contributed by atoms with Crippen LogP contribution in [0.1, 0.15) is 35.1 Å². The molecular formula is C19H22N2. The Labute approximate surface area is 126 Å². The standard InChI is InChI=1S/C19H22N2/c1-2-6-15(7-3-1)18-14-19(21-12-10-20-11-13-21)17-9-5-4-8-16(17)18/h1-9,18-20H,10-14H2/t18-,19-/m1/s1. The summed E-state index contributed by atoms with van der Waals surface area (Å²) in [5, 5.41) is 3.46. The van der Waals surface area contributed by atoms with Gasteiger partial charge in [0.05, 0.1) is 0 Å². The molecule has 0 bridgehead atoms. The Morgan fingerprint density at radius 3 is 2.24 bits per heavy atom. The van der Waals surface area contributed by atoms with Crippen molar-refractivity contribution in [2.45, 2.75) is 18.4 Å². The summed E-state index contributed by atoms with van der Waals surface area (Å²) < 4.78 is 0. The first-order valence-corrected chi connectivity index (χ1v) is 8.02. The monoisotopic (exact) mass is 278 g/mol. The Morgan fingerprint density at radius 1 is 0.810 bits per heavy atom. The van der Waals surface area contributed by atoms with Gasteiger partial charge in [0.25, 0.3) is 0 Å². The molecule has 0 aromatic heterocycles. The molecule has 0 unspecified atom stereocenters. The molecule has 21 heavy (non-hydrogen) atoms. The van der Waals surface area contributed by atoms with Crippen molar-refractivity contribution >= 4 is 0 Å². The molecule has 0 radical (unpaired) electrons. The van der Waals surface area contributed by atoms with Crippen molar-refractivity contribution in [1.82, 2.24) is 10.2 Å². The van der Waals surface area contributed by atoms with Gasteiger partial charge in [-0.15, -0.1) is 0 Å². The van der Waals surface area contributed by atoms with Crippen molar-refractivity contribution in [3.8, 4) is 0 Å². The number of nitrogens with one attached hydrogen (secondary N) is 1. The molecule has 1 aliphatic heterocycles. The fourth-order valence-electron chi connectivity index (χ4n) is 3.95. The van der Waals surface area contributed by atoms with Crippen molar-refractivity contribution in [3.63, 3.8) is 0 Å². The number of benzene rings is 2. The predicted octanol–water partition coefficient (Wildman–Crippen LogP) is 3.17. The smallest absolute Gasteiger partial charge is 0.0361 e. The van der Waals surface area contributed by atoms with Gasteiger partial charge in [-0.1, -0.05) is 54.6 Å². The lowest BCUT2D eigenvalue weighted by Crippen LogP contribution is -2.44. The normalized spacial score (nSPS) is 25.7. The molecule has 0 amide bonds. The van der Waals surface area contributed by atoms with Gasteiger partial charge in [0.15, 0.2) is 0 Å². The van der Waals surface area contributed by atoms with E-state index in [-0.39, 0.29) is 0 Å². The fourth-order valence-corrected chi connectivity index (χ4v) is 3.95. The molecule has 2 nitrogen and oxygen atoms in total. The summed E-state index contributed by atoms with van der Waals surface area (Å²) in [5.74, 6) is 0.558. The quantitative estimate of drug-likeness (QED) is 0.907. The van der Waals surface area contributed by atoms with Crippen molar-refractivity contribution in [3.05, 3.63) is 71.3 Å². The molecule has 2 atom stereocenters. The van der Waals surface area contributed by atoms with E-state index in [1.165, 1.54) is 30.6 Å². The van der Waals surface area contributed by atoms with E-state index in [9.17, 15) is 0 Å². The van der Waals surface area contributed by atoms with Crippen LogP contribution in [0.25, 0.3) is 0 Å². The van der Waals surface area contributed by atoms with Crippen LogP contribution in [0.5, 0.6) is 0 Å². The molecule has 1 fully saturated rings. The minimum atomic E-state index is 0.558. The molecule has 1 N–H and O–H groups in total. The van der Waals surface area contributed by atoms with E-state index in [4.69, 9.17) is 0 Å². The van der Waals surface area contributed by atoms with Crippen LogP contribution >= 0.6 is 0 Å². The summed E-state index contributed by atoms with van der Waals surface area (Å²) in [4.78, 5) is 2.66. The van der Waals surface area contributed by atoms with Gasteiger partial charge < -0.3 is 5.32 Å². The third-order valence-corrected chi connectivity index (χ3v) is 4.98. The Kier molecular flexibility index (Phi) is 3.50. The van der Waals surface area contributed by atoms with Gasteiger partial charge >= 0.3 is 0 Å². The molecule has 2 aromatic rings. The lowest BCUT2D eigenvalue weighted by atomic mass is 9.93. The third-order valence-electron chi connectivity index (χ3n) is 4.98. The average Bonchev–Trinajstić information content (AvgIpc) is 2.96. The lowest BCUT2D eigenvalue weighted by molar-refractivity contribution is 0.171. The number of rotatable bonds is 2.